The van der Waals surface area contributed by atoms with E-state index < -0.39 is 8.25 Å². The minimum absolute atomic E-state index is 0.0118. The van der Waals surface area contributed by atoms with Crippen LogP contribution in [0.15, 0.2) is 5.16 Å². The summed E-state index contributed by atoms with van der Waals surface area (Å²) in [6, 6.07) is 0. The zero-order valence-corrected chi connectivity index (χ0v) is 8.03. The first-order valence-corrected chi connectivity index (χ1v) is 4.73. The maximum atomic E-state index is 10.8. The van der Waals surface area contributed by atoms with Gasteiger partial charge in [-0.3, -0.25) is 0 Å². The van der Waals surface area contributed by atoms with E-state index in [4.69, 9.17) is 9.73 Å². The Morgan fingerprint density at radius 1 is 1.75 bits per heavy atom. The van der Waals surface area contributed by atoms with Crippen LogP contribution in [-0.4, -0.2) is 24.1 Å². The van der Waals surface area contributed by atoms with Gasteiger partial charge in [-0.05, 0) is 13.3 Å². The van der Waals surface area contributed by atoms with Gasteiger partial charge in [0.2, 0.25) is 0 Å². The molecule has 0 spiro atoms. The molecule has 2 atom stereocenters. The average Bonchev–Trinajstić information content (AvgIpc) is 2.05. The van der Waals surface area contributed by atoms with E-state index in [1.807, 2.05) is 6.92 Å². The van der Waals surface area contributed by atoms with Crippen LogP contribution in [0.3, 0.4) is 0 Å². The predicted octanol–water partition coefficient (Wildman–Crippen LogP) is 1.94. The number of nitrogens with zero attached hydrogens (tertiary/aromatic N) is 1. The Morgan fingerprint density at radius 3 is 2.92 bits per heavy atom. The van der Waals surface area contributed by atoms with Gasteiger partial charge in [0.1, 0.15) is 12.7 Å². The molecule has 2 unspecified atom stereocenters. The summed E-state index contributed by atoms with van der Waals surface area (Å²) >= 11 is 0. The van der Waals surface area contributed by atoms with Gasteiger partial charge in [-0.25, -0.2) is 0 Å². The highest BCUT2D eigenvalue weighted by atomic mass is 31.1. The lowest BCUT2D eigenvalue weighted by molar-refractivity contribution is 0.183. The first-order valence-electron chi connectivity index (χ1n) is 3.63. The predicted molar refractivity (Wildman–Crippen MR) is 44.7 cm³/mol. The first kappa shape index (κ1) is 11.5. The quantitative estimate of drug-likeness (QED) is 0.303. The molecule has 0 aromatic carbocycles. The van der Waals surface area contributed by atoms with Crippen molar-refractivity contribution in [3.63, 3.8) is 0 Å². The molecule has 6 heteroatoms. The van der Waals surface area contributed by atoms with Gasteiger partial charge in [0.25, 0.3) is 0 Å². The summed E-state index contributed by atoms with van der Waals surface area (Å²) in [4.78, 5) is 0. The van der Waals surface area contributed by atoms with Crippen LogP contribution in [0, 0.1) is 0 Å². The molecule has 0 fully saturated rings. The highest BCUT2D eigenvalue weighted by Crippen LogP contribution is 2.26. The second-order valence-corrected chi connectivity index (χ2v) is 3.06. The Balaban J connectivity index is 3.46. The van der Waals surface area contributed by atoms with Crippen LogP contribution in [0.2, 0.25) is 0 Å². The molecule has 0 aromatic heterocycles. The third kappa shape index (κ3) is 6.22. The van der Waals surface area contributed by atoms with Crippen LogP contribution in [0.1, 0.15) is 20.3 Å². The molecule has 70 valence electrons. The molecule has 5 nitrogen and oxygen atoms in total. The fourth-order valence-corrected chi connectivity index (χ4v) is 1.07. The lowest BCUT2D eigenvalue weighted by Crippen LogP contribution is -2.01. The van der Waals surface area contributed by atoms with E-state index in [1.54, 1.807) is 6.92 Å². The zero-order valence-electron chi connectivity index (χ0n) is 7.14. The van der Waals surface area contributed by atoms with E-state index in [1.165, 1.54) is 0 Å². The number of rotatable bonds is 6. The number of oxime groups is 1. The molecule has 0 rings (SSSR count). The van der Waals surface area contributed by atoms with Gasteiger partial charge in [-0.15, -0.1) is 9.05 Å². The van der Waals surface area contributed by atoms with Crippen molar-refractivity contribution in [2.45, 2.75) is 26.4 Å². The lowest BCUT2D eigenvalue weighted by atomic mass is 10.3. The maximum absolute atomic E-state index is 10.8. The van der Waals surface area contributed by atoms with Crippen molar-refractivity contribution in [2.75, 3.05) is 6.61 Å². The third-order valence-electron chi connectivity index (χ3n) is 1.18. The SMILES string of the molecule is CCC(C)O[P+](=O)OCC=NO. The Bertz CT molecular complexity index is 162. The van der Waals surface area contributed by atoms with Crippen molar-refractivity contribution < 1.29 is 18.8 Å². The van der Waals surface area contributed by atoms with Gasteiger partial charge in [0.05, 0.1) is 6.21 Å². The summed E-state index contributed by atoms with van der Waals surface area (Å²) in [6.45, 7) is 3.71. The summed E-state index contributed by atoms with van der Waals surface area (Å²) in [6.07, 6.45) is 1.78. The van der Waals surface area contributed by atoms with Crippen molar-refractivity contribution >= 4 is 14.5 Å². The summed E-state index contributed by atoms with van der Waals surface area (Å²) in [5.41, 5.74) is 0. The van der Waals surface area contributed by atoms with Crippen LogP contribution < -0.4 is 0 Å². The maximum Gasteiger partial charge on any atom is 0.698 e. The van der Waals surface area contributed by atoms with Crippen molar-refractivity contribution in [3.8, 4) is 0 Å². The van der Waals surface area contributed by atoms with E-state index in [0.717, 1.165) is 12.6 Å². The molecule has 0 radical (unpaired) electrons. The third-order valence-corrected chi connectivity index (χ3v) is 2.07. The van der Waals surface area contributed by atoms with Crippen molar-refractivity contribution in [3.05, 3.63) is 0 Å². The van der Waals surface area contributed by atoms with E-state index >= 15 is 0 Å². The zero-order chi connectivity index (χ0) is 9.40. The van der Waals surface area contributed by atoms with Gasteiger partial charge in [-0.2, -0.15) is 0 Å². The van der Waals surface area contributed by atoms with Crippen LogP contribution >= 0.6 is 8.25 Å². The topological polar surface area (TPSA) is 68.1 Å². The Morgan fingerprint density at radius 2 is 2.42 bits per heavy atom. The highest BCUT2D eigenvalue weighted by molar-refractivity contribution is 7.33. The standard InChI is InChI=1S/C6H12NO4P/c1-3-6(2)11-12(9)10-5-4-7-8/h4,6H,3,5H2,1-2H3/p+1. The minimum Gasteiger partial charge on any atom is -0.411 e. The van der Waals surface area contributed by atoms with Gasteiger partial charge in [-0.1, -0.05) is 12.1 Å². The fraction of sp³-hybridized carbons (Fsp3) is 0.833. The molecule has 12 heavy (non-hydrogen) atoms. The highest BCUT2D eigenvalue weighted by Gasteiger charge is 2.22. The van der Waals surface area contributed by atoms with Crippen molar-refractivity contribution in [1.29, 1.82) is 0 Å². The fourth-order valence-electron chi connectivity index (χ4n) is 0.379. The van der Waals surface area contributed by atoms with Gasteiger partial charge >= 0.3 is 8.25 Å². The van der Waals surface area contributed by atoms with E-state index in [2.05, 4.69) is 9.68 Å². The second-order valence-electron chi connectivity index (χ2n) is 2.14. The summed E-state index contributed by atoms with van der Waals surface area (Å²) in [5.74, 6) is 0. The largest absolute Gasteiger partial charge is 0.698 e. The summed E-state index contributed by atoms with van der Waals surface area (Å²) in [7, 11) is -2.09. The summed E-state index contributed by atoms with van der Waals surface area (Å²) < 4.78 is 20.4. The van der Waals surface area contributed by atoms with Crippen molar-refractivity contribution in [2.24, 2.45) is 5.16 Å². The van der Waals surface area contributed by atoms with Crippen LogP contribution in [0.4, 0.5) is 0 Å². The van der Waals surface area contributed by atoms with Crippen molar-refractivity contribution in [1.82, 2.24) is 0 Å². The second kappa shape index (κ2) is 7.16. The molecule has 0 aliphatic rings. The van der Waals surface area contributed by atoms with Gasteiger partial charge in [0.15, 0.2) is 0 Å². The molecule has 0 aromatic rings. The molecular weight excluding hydrogens is 181 g/mol. The van der Waals surface area contributed by atoms with E-state index in [0.29, 0.717) is 0 Å². The van der Waals surface area contributed by atoms with Gasteiger partial charge in [0, 0.05) is 4.57 Å². The Kier molecular flexibility index (Phi) is 6.85. The number of hydrogen-bond acceptors (Lipinski definition) is 5. The minimum atomic E-state index is -2.09. The molecule has 1 N–H and O–H groups in total. The smallest absolute Gasteiger partial charge is 0.411 e. The molecule has 0 aliphatic heterocycles. The average molecular weight is 194 g/mol. The molecule has 0 amide bonds. The lowest BCUT2D eigenvalue weighted by Gasteiger charge is -1.96. The first-order chi connectivity index (χ1) is 5.70. The molecule has 0 saturated heterocycles. The van der Waals surface area contributed by atoms with Gasteiger partial charge < -0.3 is 5.21 Å². The Labute approximate surface area is 72.3 Å². The summed E-state index contributed by atoms with van der Waals surface area (Å²) in [5, 5.41) is 10.6. The van der Waals surface area contributed by atoms with E-state index in [-0.39, 0.29) is 12.7 Å². The van der Waals surface area contributed by atoms with Crippen LogP contribution in [0.25, 0.3) is 0 Å². The molecule has 0 heterocycles. The molecular formula is C6H13NO4P+. The monoisotopic (exact) mass is 194 g/mol. The Hall–Kier alpha value is -0.510. The molecule has 0 saturated carbocycles. The van der Waals surface area contributed by atoms with Crippen LogP contribution in [0.5, 0.6) is 0 Å². The molecule has 0 aliphatic carbocycles. The normalized spacial score (nSPS) is 15.0. The van der Waals surface area contributed by atoms with Crippen LogP contribution in [-0.2, 0) is 13.6 Å². The number of hydrogen-bond donors (Lipinski definition) is 1. The molecule has 0 bridgehead atoms. The van der Waals surface area contributed by atoms with E-state index in [9.17, 15) is 4.57 Å².